The number of nitrogens with one attached hydrogen (secondary N) is 2. The number of benzene rings is 2. The highest BCUT2D eigenvalue weighted by atomic mass is 19.4. The molecule has 10 heteroatoms. The topological polar surface area (TPSA) is 75.7 Å². The zero-order chi connectivity index (χ0) is 25.7. The molecule has 1 aromatic heterocycles. The molecule has 0 radical (unpaired) electrons. The van der Waals surface area contributed by atoms with Gasteiger partial charge in [-0.15, -0.1) is 13.2 Å². The maximum atomic E-state index is 12.4. The molecule has 0 aliphatic carbocycles. The van der Waals surface area contributed by atoms with Gasteiger partial charge in [-0.1, -0.05) is 6.92 Å². The van der Waals surface area contributed by atoms with Crippen molar-refractivity contribution in [3.8, 4) is 11.5 Å². The molecule has 0 saturated carbocycles. The quantitative estimate of drug-likeness (QED) is 0.450. The van der Waals surface area contributed by atoms with Gasteiger partial charge in [0.1, 0.15) is 17.3 Å². The van der Waals surface area contributed by atoms with Crippen LogP contribution >= 0.6 is 0 Å². The van der Waals surface area contributed by atoms with Crippen LogP contribution in [-0.4, -0.2) is 49.5 Å². The van der Waals surface area contributed by atoms with E-state index in [2.05, 4.69) is 33.3 Å². The molecule has 36 heavy (non-hydrogen) atoms. The number of anilines is 2. The highest BCUT2D eigenvalue weighted by Crippen LogP contribution is 2.27. The summed E-state index contributed by atoms with van der Waals surface area (Å²) >= 11 is 0. The fourth-order valence-electron chi connectivity index (χ4n) is 4.30. The molecule has 0 spiro atoms. The summed E-state index contributed by atoms with van der Waals surface area (Å²) in [5, 5.41) is 7.25. The second-order valence-electron chi connectivity index (χ2n) is 8.70. The molecule has 2 N–H and O–H groups in total. The third-order valence-electron chi connectivity index (χ3n) is 6.02. The molecule has 4 rings (SSSR count). The number of nitrogens with zero attached hydrogens (tertiary/aromatic N) is 2. The number of halogens is 3. The number of alkyl halides is 3. The second kappa shape index (κ2) is 11.0. The van der Waals surface area contributed by atoms with Crippen LogP contribution in [0.4, 0.5) is 24.7 Å². The van der Waals surface area contributed by atoms with Gasteiger partial charge in [0, 0.05) is 30.2 Å². The first-order chi connectivity index (χ1) is 17.2. The monoisotopic (exact) mass is 502 g/mol. The molecule has 0 bridgehead atoms. The van der Waals surface area contributed by atoms with Crippen LogP contribution in [0.3, 0.4) is 0 Å². The largest absolute Gasteiger partial charge is 0.573 e. The summed E-state index contributed by atoms with van der Waals surface area (Å²) in [5.74, 6) is 0.461. The normalized spacial score (nSPS) is 14.6. The van der Waals surface area contributed by atoms with Crippen molar-refractivity contribution in [3.63, 3.8) is 0 Å². The SMILES string of the molecule is CCNC1CCN(c2cc(C)c3cc(NC(=O)COc4ccc(OC(F)(F)F)cc4)ccc3n2)CC1. The zero-order valence-corrected chi connectivity index (χ0v) is 20.2. The van der Waals surface area contributed by atoms with Gasteiger partial charge in [0.15, 0.2) is 6.61 Å². The third-order valence-corrected chi connectivity index (χ3v) is 6.02. The van der Waals surface area contributed by atoms with Crippen LogP contribution in [0, 0.1) is 6.92 Å². The third kappa shape index (κ3) is 6.78. The summed E-state index contributed by atoms with van der Waals surface area (Å²) in [6, 6.07) is 13.0. The van der Waals surface area contributed by atoms with Crippen LogP contribution in [0.15, 0.2) is 48.5 Å². The van der Waals surface area contributed by atoms with Crippen molar-refractivity contribution in [2.45, 2.75) is 39.1 Å². The fourth-order valence-corrected chi connectivity index (χ4v) is 4.30. The van der Waals surface area contributed by atoms with Crippen LogP contribution in [-0.2, 0) is 4.79 Å². The van der Waals surface area contributed by atoms with Crippen molar-refractivity contribution in [2.75, 3.05) is 36.5 Å². The molecule has 2 heterocycles. The summed E-state index contributed by atoms with van der Waals surface area (Å²) in [6.07, 6.45) is -2.59. The van der Waals surface area contributed by atoms with Crippen molar-refractivity contribution < 1.29 is 27.4 Å². The van der Waals surface area contributed by atoms with Gasteiger partial charge >= 0.3 is 6.36 Å². The molecule has 1 aliphatic rings. The number of carbonyl (C=O) groups is 1. The lowest BCUT2D eigenvalue weighted by atomic mass is 10.0. The Morgan fingerprint density at radius 2 is 1.78 bits per heavy atom. The van der Waals surface area contributed by atoms with Crippen molar-refractivity contribution in [3.05, 3.63) is 54.1 Å². The zero-order valence-electron chi connectivity index (χ0n) is 20.2. The van der Waals surface area contributed by atoms with Crippen LogP contribution in [0.2, 0.25) is 0 Å². The van der Waals surface area contributed by atoms with Gasteiger partial charge < -0.3 is 25.0 Å². The molecular weight excluding hydrogens is 473 g/mol. The molecule has 1 aliphatic heterocycles. The smallest absolute Gasteiger partial charge is 0.484 e. The van der Waals surface area contributed by atoms with Gasteiger partial charge in [0.2, 0.25) is 0 Å². The molecule has 192 valence electrons. The summed E-state index contributed by atoms with van der Waals surface area (Å²) in [7, 11) is 0. The predicted octanol–water partition coefficient (Wildman–Crippen LogP) is 5.04. The predicted molar refractivity (Wildman–Crippen MR) is 133 cm³/mol. The number of amides is 1. The lowest BCUT2D eigenvalue weighted by molar-refractivity contribution is -0.274. The van der Waals surface area contributed by atoms with Gasteiger partial charge in [0.25, 0.3) is 5.91 Å². The molecule has 1 saturated heterocycles. The minimum absolute atomic E-state index is 0.250. The van der Waals surface area contributed by atoms with Crippen molar-refractivity contribution in [1.29, 1.82) is 0 Å². The highest BCUT2D eigenvalue weighted by molar-refractivity contribution is 5.95. The molecule has 7 nitrogen and oxygen atoms in total. The highest BCUT2D eigenvalue weighted by Gasteiger charge is 2.31. The first-order valence-electron chi connectivity index (χ1n) is 11.9. The summed E-state index contributed by atoms with van der Waals surface area (Å²) < 4.78 is 45.9. The molecule has 1 amide bonds. The van der Waals surface area contributed by atoms with E-state index in [0.717, 1.165) is 66.9 Å². The summed E-state index contributed by atoms with van der Waals surface area (Å²) in [5.41, 5.74) is 2.53. The van der Waals surface area contributed by atoms with E-state index in [0.29, 0.717) is 11.7 Å². The van der Waals surface area contributed by atoms with E-state index in [9.17, 15) is 18.0 Å². The number of piperidine rings is 1. The van der Waals surface area contributed by atoms with E-state index >= 15 is 0 Å². The van der Waals surface area contributed by atoms with Gasteiger partial charge in [0.05, 0.1) is 5.52 Å². The fraction of sp³-hybridized carbons (Fsp3) is 0.385. The minimum Gasteiger partial charge on any atom is -0.484 e. The van der Waals surface area contributed by atoms with Crippen LogP contribution < -0.4 is 25.0 Å². The molecule has 0 atom stereocenters. The Hall–Kier alpha value is -3.53. The Morgan fingerprint density at radius 1 is 1.08 bits per heavy atom. The van der Waals surface area contributed by atoms with Gasteiger partial charge in [-0.25, -0.2) is 4.98 Å². The van der Waals surface area contributed by atoms with Crippen molar-refractivity contribution in [2.24, 2.45) is 0 Å². The number of pyridine rings is 1. The second-order valence-corrected chi connectivity index (χ2v) is 8.70. The van der Waals surface area contributed by atoms with E-state index in [1.165, 1.54) is 12.1 Å². The maximum absolute atomic E-state index is 12.4. The Morgan fingerprint density at radius 3 is 2.44 bits per heavy atom. The van der Waals surface area contributed by atoms with E-state index in [1.54, 1.807) is 6.07 Å². The molecular formula is C26H29F3N4O3. The van der Waals surface area contributed by atoms with E-state index in [-0.39, 0.29) is 18.1 Å². The van der Waals surface area contributed by atoms with Gasteiger partial charge in [-0.3, -0.25) is 4.79 Å². The molecule has 2 aromatic carbocycles. The number of aromatic nitrogens is 1. The lowest BCUT2D eigenvalue weighted by Gasteiger charge is -2.33. The Kier molecular flexibility index (Phi) is 7.83. The Balaban J connectivity index is 1.35. The molecule has 3 aromatic rings. The first kappa shape index (κ1) is 25.6. The number of carbonyl (C=O) groups excluding carboxylic acids is 1. The lowest BCUT2D eigenvalue weighted by Crippen LogP contribution is -2.42. The number of rotatable bonds is 8. The van der Waals surface area contributed by atoms with Crippen molar-refractivity contribution in [1.82, 2.24) is 10.3 Å². The average Bonchev–Trinajstić information content (AvgIpc) is 2.84. The number of fused-ring (bicyclic) bond motifs is 1. The van der Waals surface area contributed by atoms with Crippen LogP contribution in [0.1, 0.15) is 25.3 Å². The first-order valence-corrected chi connectivity index (χ1v) is 11.9. The Bertz CT molecular complexity index is 1190. The molecule has 1 fully saturated rings. The standard InChI is InChI=1S/C26H29F3N4O3/c1-3-30-18-10-12-33(13-11-18)24-14-17(2)22-15-19(4-9-23(22)32-24)31-25(34)16-35-20-5-7-21(8-6-20)36-26(27,28)29/h4-9,14-15,18,30H,3,10-13,16H2,1-2H3,(H,31,34). The van der Waals surface area contributed by atoms with E-state index in [4.69, 9.17) is 9.72 Å². The number of aryl methyl sites for hydroxylation is 1. The molecule has 0 unspecified atom stereocenters. The number of hydrogen-bond acceptors (Lipinski definition) is 6. The van der Waals surface area contributed by atoms with Crippen LogP contribution in [0.5, 0.6) is 11.5 Å². The van der Waals surface area contributed by atoms with E-state index < -0.39 is 12.3 Å². The summed E-state index contributed by atoms with van der Waals surface area (Å²) in [4.78, 5) is 19.5. The van der Waals surface area contributed by atoms with Crippen LogP contribution in [0.25, 0.3) is 10.9 Å². The van der Waals surface area contributed by atoms with E-state index in [1.807, 2.05) is 19.1 Å². The van der Waals surface area contributed by atoms with Gasteiger partial charge in [-0.05, 0) is 80.4 Å². The maximum Gasteiger partial charge on any atom is 0.573 e. The van der Waals surface area contributed by atoms with Crippen molar-refractivity contribution >= 4 is 28.3 Å². The van der Waals surface area contributed by atoms with Gasteiger partial charge in [-0.2, -0.15) is 0 Å². The average molecular weight is 503 g/mol. The minimum atomic E-state index is -4.76. The number of hydrogen-bond donors (Lipinski definition) is 2. The number of ether oxygens (including phenoxy) is 2. The summed E-state index contributed by atoms with van der Waals surface area (Å²) in [6.45, 7) is 6.76. The Labute approximate surface area is 207 Å².